The summed E-state index contributed by atoms with van der Waals surface area (Å²) >= 11 is 0. The molecule has 0 aromatic rings. The van der Waals surface area contributed by atoms with Gasteiger partial charge in [-0.05, 0) is 9.39 Å². The zero-order valence-electron chi connectivity index (χ0n) is 3.87. The number of epoxide rings is 1. The van der Waals surface area contributed by atoms with Crippen LogP contribution in [0.15, 0.2) is 4.52 Å². The number of hydrogen-bond acceptors (Lipinski definition) is 2. The fourth-order valence-corrected chi connectivity index (χ4v) is 1.08. The lowest BCUT2D eigenvalue weighted by atomic mass is 10.6. The minimum absolute atomic E-state index is 0.533. The van der Waals surface area contributed by atoms with Crippen LogP contribution in [0.2, 0.25) is 0 Å². The van der Waals surface area contributed by atoms with Gasteiger partial charge in [-0.15, -0.1) is 0 Å². The van der Waals surface area contributed by atoms with Crippen LogP contribution in [0.4, 0.5) is 0 Å². The molecule has 0 N–H and O–H groups in total. The van der Waals surface area contributed by atoms with Crippen molar-refractivity contribution in [2.45, 2.75) is 6.10 Å². The molecule has 0 spiro atoms. The van der Waals surface area contributed by atoms with Crippen LogP contribution in [0.1, 0.15) is 0 Å². The molecule has 0 bridgehead atoms. The summed E-state index contributed by atoms with van der Waals surface area (Å²) in [5.74, 6) is 0. The Labute approximate surface area is 46.8 Å². The van der Waals surface area contributed by atoms with Crippen molar-refractivity contribution in [3.05, 3.63) is 0 Å². The highest BCUT2D eigenvalue weighted by molar-refractivity contribution is 7.35. The zero-order valence-corrected chi connectivity index (χ0v) is 5.92. The maximum atomic E-state index is 4.93. The second-order valence-electron chi connectivity index (χ2n) is 1.39. The first-order valence-electron chi connectivity index (χ1n) is 2.12. The summed E-state index contributed by atoms with van der Waals surface area (Å²) in [6, 6.07) is 0. The fourth-order valence-electron chi connectivity index (χ4n) is 0.312. The molecule has 0 amide bonds. The Kier molecular flexibility index (Phi) is 2.18. The van der Waals surface area contributed by atoms with Crippen LogP contribution in [0.25, 0.3) is 0 Å². The Morgan fingerprint density at radius 3 is 3.14 bits per heavy atom. The number of nitrogens with zero attached hydrogens (tertiary/aromatic N) is 1. The van der Waals surface area contributed by atoms with E-state index in [1.165, 1.54) is 0 Å². The molecular formula is C3H7NOP2. The molecule has 4 heteroatoms. The summed E-state index contributed by atoms with van der Waals surface area (Å²) in [6.07, 6.45) is 1.61. The molecule has 1 aliphatic heterocycles. The van der Waals surface area contributed by atoms with Gasteiger partial charge in [0.05, 0.1) is 12.7 Å². The van der Waals surface area contributed by atoms with Crippen molar-refractivity contribution in [3.63, 3.8) is 0 Å². The first-order valence-corrected chi connectivity index (χ1v) is 3.66. The number of hydrogen-bond donors (Lipinski definition) is 0. The molecule has 1 saturated heterocycles. The van der Waals surface area contributed by atoms with Crippen LogP contribution in [-0.2, 0) is 4.74 Å². The van der Waals surface area contributed by atoms with Crippen molar-refractivity contribution in [1.29, 1.82) is 0 Å². The summed E-state index contributed by atoms with van der Waals surface area (Å²) in [5, 5.41) is 0. The second kappa shape index (κ2) is 2.71. The van der Waals surface area contributed by atoms with Gasteiger partial charge in [-0.25, -0.2) is 0 Å². The van der Waals surface area contributed by atoms with E-state index in [1.807, 2.05) is 0 Å². The highest BCUT2D eigenvalue weighted by Crippen LogP contribution is 2.16. The zero-order chi connectivity index (χ0) is 5.11. The van der Waals surface area contributed by atoms with E-state index >= 15 is 0 Å². The topological polar surface area (TPSA) is 24.9 Å². The summed E-state index contributed by atoms with van der Waals surface area (Å²) < 4.78 is 8.76. The van der Waals surface area contributed by atoms with Gasteiger partial charge in [-0.1, -0.05) is 0 Å². The fraction of sp³-hybridized carbons (Fsp3) is 1.00. The van der Waals surface area contributed by atoms with Crippen LogP contribution in [0.3, 0.4) is 0 Å². The van der Waals surface area contributed by atoms with Crippen LogP contribution in [-0.4, -0.2) is 18.9 Å². The summed E-state index contributed by atoms with van der Waals surface area (Å²) in [6.45, 7) is 0.952. The molecular weight excluding hydrogens is 128 g/mol. The lowest BCUT2D eigenvalue weighted by Crippen LogP contribution is -1.80. The molecule has 0 radical (unpaired) electrons. The molecule has 7 heavy (non-hydrogen) atoms. The lowest BCUT2D eigenvalue weighted by molar-refractivity contribution is 0.426. The molecule has 2 nitrogen and oxygen atoms in total. The van der Waals surface area contributed by atoms with Crippen LogP contribution >= 0.6 is 17.8 Å². The summed E-state index contributed by atoms with van der Waals surface area (Å²) in [5.41, 5.74) is 0. The van der Waals surface area contributed by atoms with E-state index in [9.17, 15) is 0 Å². The molecule has 1 aliphatic rings. The Morgan fingerprint density at radius 1 is 2.00 bits per heavy atom. The molecule has 2 unspecified atom stereocenters. The van der Waals surface area contributed by atoms with E-state index in [-0.39, 0.29) is 0 Å². The van der Waals surface area contributed by atoms with Gasteiger partial charge in [0.1, 0.15) is 0 Å². The van der Waals surface area contributed by atoms with Crippen LogP contribution in [0.5, 0.6) is 0 Å². The van der Waals surface area contributed by atoms with Gasteiger partial charge in [-0.3, -0.25) is 4.52 Å². The highest BCUT2D eigenvalue weighted by atomic mass is 31.1. The predicted octanol–water partition coefficient (Wildman–Crippen LogP) is 1.31. The Balaban J connectivity index is 1.98. The molecule has 0 aliphatic carbocycles. The third kappa shape index (κ3) is 2.33. The van der Waals surface area contributed by atoms with Gasteiger partial charge in [0.2, 0.25) is 0 Å². The molecule has 40 valence electrons. The standard InChI is InChI=1S/C3H7NOP2/c6-4-7-2-3-1-5-3/h3H,1-2,6H2. The van der Waals surface area contributed by atoms with Crippen molar-refractivity contribution >= 4 is 17.8 Å². The Hall–Kier alpha value is 0.490. The normalized spacial score (nSPS) is 29.0. The summed E-state index contributed by atoms with van der Waals surface area (Å²) in [4.78, 5) is 0. The Morgan fingerprint density at radius 2 is 2.71 bits per heavy atom. The van der Waals surface area contributed by atoms with E-state index in [0.717, 1.165) is 21.1 Å². The van der Waals surface area contributed by atoms with Crippen molar-refractivity contribution in [1.82, 2.24) is 0 Å². The first kappa shape index (κ1) is 5.62. The van der Waals surface area contributed by atoms with E-state index in [2.05, 4.69) is 13.9 Å². The third-order valence-electron chi connectivity index (χ3n) is 0.769. The van der Waals surface area contributed by atoms with Gasteiger partial charge >= 0.3 is 0 Å². The molecule has 0 aromatic heterocycles. The van der Waals surface area contributed by atoms with E-state index in [1.54, 1.807) is 0 Å². The lowest BCUT2D eigenvalue weighted by Gasteiger charge is -1.75. The quantitative estimate of drug-likeness (QED) is 0.413. The van der Waals surface area contributed by atoms with Gasteiger partial charge < -0.3 is 4.74 Å². The molecule has 0 saturated carbocycles. The van der Waals surface area contributed by atoms with Gasteiger partial charge in [0.15, 0.2) is 0 Å². The number of ether oxygens (including phenoxy) is 1. The van der Waals surface area contributed by atoms with E-state index in [0.29, 0.717) is 6.10 Å². The molecule has 2 atom stereocenters. The van der Waals surface area contributed by atoms with E-state index in [4.69, 9.17) is 4.74 Å². The van der Waals surface area contributed by atoms with Gasteiger partial charge in [0.25, 0.3) is 0 Å². The SMILES string of the molecule is PN=PCC1CO1. The highest BCUT2D eigenvalue weighted by Gasteiger charge is 2.20. The largest absolute Gasteiger partial charge is 0.372 e. The molecule has 1 heterocycles. The molecule has 0 aromatic carbocycles. The average Bonchev–Trinajstić information content (AvgIpc) is 2.42. The smallest absolute Gasteiger partial charge is 0.0899 e. The van der Waals surface area contributed by atoms with Crippen molar-refractivity contribution in [2.75, 3.05) is 12.8 Å². The molecule has 1 fully saturated rings. The predicted molar refractivity (Wildman–Crippen MR) is 33.7 cm³/mol. The maximum Gasteiger partial charge on any atom is 0.0899 e. The third-order valence-corrected chi connectivity index (χ3v) is 1.99. The van der Waals surface area contributed by atoms with Crippen molar-refractivity contribution in [3.8, 4) is 0 Å². The monoisotopic (exact) mass is 135 g/mol. The van der Waals surface area contributed by atoms with Gasteiger partial charge in [0, 0.05) is 14.5 Å². The second-order valence-corrected chi connectivity index (χ2v) is 2.97. The van der Waals surface area contributed by atoms with E-state index < -0.39 is 0 Å². The minimum Gasteiger partial charge on any atom is -0.372 e. The average molecular weight is 135 g/mol. The molecule has 1 rings (SSSR count). The van der Waals surface area contributed by atoms with Crippen LogP contribution in [0, 0.1) is 0 Å². The maximum absolute atomic E-state index is 4.93. The first-order chi connectivity index (χ1) is 3.43. The Bertz CT molecular complexity index is 81.0. The number of rotatable bonds is 2. The summed E-state index contributed by atoms with van der Waals surface area (Å²) in [7, 11) is 3.46. The van der Waals surface area contributed by atoms with Gasteiger partial charge in [-0.2, -0.15) is 0 Å². The van der Waals surface area contributed by atoms with Crippen molar-refractivity contribution < 1.29 is 4.74 Å². The van der Waals surface area contributed by atoms with Crippen LogP contribution < -0.4 is 0 Å². The van der Waals surface area contributed by atoms with Crippen molar-refractivity contribution in [2.24, 2.45) is 4.52 Å². The minimum atomic E-state index is 0.533.